The molecule has 1 aliphatic heterocycles. The maximum absolute atomic E-state index is 12.8. The molecule has 3 aromatic rings. The van der Waals surface area contributed by atoms with E-state index >= 15 is 0 Å². The molecule has 168 valence electrons. The molecule has 0 spiro atoms. The van der Waals surface area contributed by atoms with Crippen LogP contribution in [0, 0.1) is 0 Å². The van der Waals surface area contributed by atoms with E-state index in [9.17, 15) is 4.79 Å². The number of carbonyl (C=O) groups is 1. The van der Waals surface area contributed by atoms with E-state index in [1.54, 1.807) is 18.9 Å². The second-order valence-electron chi connectivity index (χ2n) is 7.87. The minimum absolute atomic E-state index is 0.0463. The standard InChI is InChI=1S/C24H29N5O2S/c1-31-21-11-9-19(10-12-21)22(29-13-3-2-4-14-29)15-25-23(30)20-7-5-18(6-8-20)16-32-24-26-17-27-28-24/h5-12,17,22H,2-4,13-16H2,1H3,(H,25,30)(H,26,27,28). The number of methoxy groups -OCH3 is 1. The maximum atomic E-state index is 12.8. The molecular weight excluding hydrogens is 422 g/mol. The number of thioether (sulfide) groups is 1. The molecule has 1 saturated heterocycles. The Labute approximate surface area is 193 Å². The van der Waals surface area contributed by atoms with E-state index in [-0.39, 0.29) is 11.9 Å². The predicted octanol–water partition coefficient (Wildman–Crippen LogP) is 4.06. The number of H-pyrrole nitrogens is 1. The summed E-state index contributed by atoms with van der Waals surface area (Å²) < 4.78 is 5.31. The highest BCUT2D eigenvalue weighted by Gasteiger charge is 2.23. The third-order valence-electron chi connectivity index (χ3n) is 5.77. The Kier molecular flexibility index (Phi) is 7.79. The molecule has 1 fully saturated rings. The first-order valence-electron chi connectivity index (χ1n) is 11.0. The van der Waals surface area contributed by atoms with Crippen LogP contribution in [0.25, 0.3) is 0 Å². The van der Waals surface area contributed by atoms with Gasteiger partial charge in [-0.25, -0.2) is 4.98 Å². The summed E-state index contributed by atoms with van der Waals surface area (Å²) in [4.78, 5) is 19.4. The number of hydrogen-bond acceptors (Lipinski definition) is 6. The molecule has 0 aliphatic carbocycles. The number of rotatable bonds is 9. The Morgan fingerprint density at radius 1 is 1.12 bits per heavy atom. The van der Waals surface area contributed by atoms with Gasteiger partial charge in [-0.05, 0) is 61.3 Å². The molecule has 2 heterocycles. The summed E-state index contributed by atoms with van der Waals surface area (Å²) in [5.74, 6) is 1.57. The topological polar surface area (TPSA) is 83.1 Å². The van der Waals surface area contributed by atoms with Gasteiger partial charge in [0.05, 0.1) is 13.2 Å². The van der Waals surface area contributed by atoms with Crippen LogP contribution < -0.4 is 10.1 Å². The number of aromatic amines is 1. The van der Waals surface area contributed by atoms with Crippen LogP contribution in [0.5, 0.6) is 5.75 Å². The number of ether oxygens (including phenoxy) is 1. The van der Waals surface area contributed by atoms with Crippen LogP contribution in [0.4, 0.5) is 0 Å². The fourth-order valence-corrected chi connectivity index (χ4v) is 4.71. The first-order chi connectivity index (χ1) is 15.7. The van der Waals surface area contributed by atoms with Crippen molar-refractivity contribution in [3.05, 3.63) is 71.5 Å². The number of benzene rings is 2. The molecule has 0 radical (unpaired) electrons. The minimum Gasteiger partial charge on any atom is -0.497 e. The molecule has 2 aromatic carbocycles. The molecule has 0 bridgehead atoms. The van der Waals surface area contributed by atoms with Crippen LogP contribution >= 0.6 is 11.8 Å². The van der Waals surface area contributed by atoms with E-state index in [1.165, 1.54) is 31.2 Å². The van der Waals surface area contributed by atoms with E-state index in [0.29, 0.717) is 12.1 Å². The number of hydrogen-bond donors (Lipinski definition) is 2. The largest absolute Gasteiger partial charge is 0.497 e. The molecule has 7 nitrogen and oxygen atoms in total. The van der Waals surface area contributed by atoms with Crippen LogP contribution in [0.15, 0.2) is 60.0 Å². The molecule has 1 aromatic heterocycles. The fourth-order valence-electron chi connectivity index (χ4n) is 3.97. The van der Waals surface area contributed by atoms with Crippen LogP contribution in [-0.4, -0.2) is 52.7 Å². The molecule has 0 saturated carbocycles. The Hall–Kier alpha value is -2.84. The number of carbonyl (C=O) groups excluding carboxylic acids is 1. The van der Waals surface area contributed by atoms with Gasteiger partial charge in [-0.1, -0.05) is 42.4 Å². The lowest BCUT2D eigenvalue weighted by atomic mass is 10.0. The highest BCUT2D eigenvalue weighted by Crippen LogP contribution is 2.26. The average Bonchev–Trinajstić information content (AvgIpc) is 3.38. The molecule has 1 unspecified atom stereocenters. The quantitative estimate of drug-likeness (QED) is 0.478. The van der Waals surface area contributed by atoms with Gasteiger partial charge in [0, 0.05) is 17.9 Å². The van der Waals surface area contributed by atoms with Crippen molar-refractivity contribution >= 4 is 17.7 Å². The number of nitrogens with zero attached hydrogens (tertiary/aromatic N) is 3. The lowest BCUT2D eigenvalue weighted by Crippen LogP contribution is -2.40. The summed E-state index contributed by atoms with van der Waals surface area (Å²) in [5.41, 5.74) is 3.01. The van der Waals surface area contributed by atoms with Gasteiger partial charge in [-0.3, -0.25) is 14.8 Å². The number of likely N-dealkylation sites (tertiary alicyclic amines) is 1. The van der Waals surface area contributed by atoms with E-state index in [4.69, 9.17) is 4.74 Å². The minimum atomic E-state index is -0.0463. The lowest BCUT2D eigenvalue weighted by molar-refractivity contribution is 0.0924. The number of amides is 1. The van der Waals surface area contributed by atoms with Crippen LogP contribution in [0.3, 0.4) is 0 Å². The van der Waals surface area contributed by atoms with Gasteiger partial charge >= 0.3 is 0 Å². The zero-order valence-corrected chi connectivity index (χ0v) is 19.1. The van der Waals surface area contributed by atoms with Crippen molar-refractivity contribution in [3.63, 3.8) is 0 Å². The number of nitrogens with one attached hydrogen (secondary N) is 2. The summed E-state index contributed by atoms with van der Waals surface area (Å²) in [6.45, 7) is 2.70. The van der Waals surface area contributed by atoms with Gasteiger partial charge in [-0.2, -0.15) is 5.10 Å². The summed E-state index contributed by atoms with van der Waals surface area (Å²) >= 11 is 1.58. The van der Waals surface area contributed by atoms with Crippen molar-refractivity contribution in [2.45, 2.75) is 36.2 Å². The Morgan fingerprint density at radius 2 is 1.88 bits per heavy atom. The second kappa shape index (κ2) is 11.2. The van der Waals surface area contributed by atoms with Gasteiger partial charge in [0.2, 0.25) is 0 Å². The highest BCUT2D eigenvalue weighted by atomic mass is 32.2. The molecular formula is C24H29N5O2S. The van der Waals surface area contributed by atoms with Crippen molar-refractivity contribution < 1.29 is 9.53 Å². The van der Waals surface area contributed by atoms with Crippen LogP contribution in [-0.2, 0) is 5.75 Å². The summed E-state index contributed by atoms with van der Waals surface area (Å²) in [5, 5.41) is 10.6. The number of piperidine rings is 1. The van der Waals surface area contributed by atoms with Gasteiger partial charge < -0.3 is 10.1 Å². The number of aromatic nitrogens is 3. The van der Waals surface area contributed by atoms with E-state index in [2.05, 4.69) is 37.5 Å². The van der Waals surface area contributed by atoms with Crippen molar-refractivity contribution in [2.24, 2.45) is 0 Å². The molecule has 1 amide bonds. The maximum Gasteiger partial charge on any atom is 0.251 e. The van der Waals surface area contributed by atoms with Gasteiger partial charge in [0.25, 0.3) is 5.91 Å². The first kappa shape index (κ1) is 22.4. The molecule has 32 heavy (non-hydrogen) atoms. The Morgan fingerprint density at radius 3 is 2.53 bits per heavy atom. The fraction of sp³-hybridized carbons (Fsp3) is 0.375. The lowest BCUT2D eigenvalue weighted by Gasteiger charge is -2.35. The predicted molar refractivity (Wildman–Crippen MR) is 126 cm³/mol. The zero-order valence-electron chi connectivity index (χ0n) is 18.3. The summed E-state index contributed by atoms with van der Waals surface area (Å²) in [6.07, 6.45) is 5.18. The summed E-state index contributed by atoms with van der Waals surface area (Å²) in [7, 11) is 1.68. The van der Waals surface area contributed by atoms with Crippen molar-refractivity contribution in [1.29, 1.82) is 0 Å². The molecule has 4 rings (SSSR count). The van der Waals surface area contributed by atoms with Crippen LogP contribution in [0.2, 0.25) is 0 Å². The van der Waals surface area contributed by atoms with E-state index in [0.717, 1.165) is 35.3 Å². The van der Waals surface area contributed by atoms with E-state index in [1.807, 2.05) is 36.4 Å². The van der Waals surface area contributed by atoms with Crippen LogP contribution in [0.1, 0.15) is 46.8 Å². The third kappa shape index (κ3) is 5.89. The Balaban J connectivity index is 1.37. The first-order valence-corrected chi connectivity index (χ1v) is 11.9. The molecule has 1 aliphatic rings. The summed E-state index contributed by atoms with van der Waals surface area (Å²) in [6, 6.07) is 16.1. The Bertz CT molecular complexity index is 971. The van der Waals surface area contributed by atoms with Crippen molar-refractivity contribution in [1.82, 2.24) is 25.4 Å². The van der Waals surface area contributed by atoms with Gasteiger partial charge in [0.15, 0.2) is 5.16 Å². The van der Waals surface area contributed by atoms with Gasteiger partial charge in [-0.15, -0.1) is 0 Å². The molecule has 1 atom stereocenters. The van der Waals surface area contributed by atoms with E-state index < -0.39 is 0 Å². The van der Waals surface area contributed by atoms with Crippen molar-refractivity contribution in [3.8, 4) is 5.75 Å². The SMILES string of the molecule is COc1ccc(C(CNC(=O)c2ccc(CSc3ncn[nH]3)cc2)N2CCCCC2)cc1. The molecule has 8 heteroatoms. The molecule has 2 N–H and O–H groups in total. The van der Waals surface area contributed by atoms with Gasteiger partial charge in [0.1, 0.15) is 12.1 Å². The average molecular weight is 452 g/mol. The third-order valence-corrected chi connectivity index (χ3v) is 6.72. The monoisotopic (exact) mass is 451 g/mol. The smallest absolute Gasteiger partial charge is 0.251 e. The second-order valence-corrected chi connectivity index (χ2v) is 8.84. The van der Waals surface area contributed by atoms with Crippen molar-refractivity contribution in [2.75, 3.05) is 26.7 Å². The highest BCUT2D eigenvalue weighted by molar-refractivity contribution is 7.98. The zero-order chi connectivity index (χ0) is 22.2. The normalized spacial score (nSPS) is 15.3.